The predicted molar refractivity (Wildman–Crippen MR) is 94.6 cm³/mol. The monoisotopic (exact) mass is 314 g/mol. The van der Waals surface area contributed by atoms with Gasteiger partial charge in [-0.05, 0) is 17.7 Å². The minimum absolute atomic E-state index is 0.140. The lowest BCUT2D eigenvalue weighted by Crippen LogP contribution is -2.06. The Morgan fingerprint density at radius 3 is 2.73 bits per heavy atom. The average molecular weight is 314 g/mol. The number of nitrogens with one attached hydrogen (secondary N) is 1. The van der Waals surface area contributed by atoms with Gasteiger partial charge in [-0.1, -0.05) is 48.2 Å². The highest BCUT2D eigenvalue weighted by Crippen LogP contribution is 2.23. The SMILES string of the molecule is CNc1cccc(O)c1C=NN=C(N)SCc1ccccc1. The summed E-state index contributed by atoms with van der Waals surface area (Å²) in [4.78, 5) is 0. The maximum absolute atomic E-state index is 9.82. The van der Waals surface area contributed by atoms with Gasteiger partial charge in [-0.2, -0.15) is 5.10 Å². The van der Waals surface area contributed by atoms with Crippen molar-refractivity contribution in [2.45, 2.75) is 5.75 Å². The Bertz CT molecular complexity index is 671. The van der Waals surface area contributed by atoms with Gasteiger partial charge in [0.05, 0.1) is 11.8 Å². The molecule has 0 fully saturated rings. The first-order chi connectivity index (χ1) is 10.7. The van der Waals surface area contributed by atoms with Crippen LogP contribution in [0, 0.1) is 0 Å². The second kappa shape index (κ2) is 8.09. The number of amidine groups is 1. The number of aromatic hydroxyl groups is 1. The maximum atomic E-state index is 9.82. The maximum Gasteiger partial charge on any atom is 0.180 e. The molecule has 0 saturated heterocycles. The Morgan fingerprint density at radius 2 is 2.00 bits per heavy atom. The normalized spacial score (nSPS) is 11.8. The molecule has 0 bridgehead atoms. The third-order valence-electron chi connectivity index (χ3n) is 2.93. The molecule has 22 heavy (non-hydrogen) atoms. The van der Waals surface area contributed by atoms with E-state index in [1.165, 1.54) is 23.5 Å². The molecule has 0 aliphatic rings. The Labute approximate surface area is 134 Å². The lowest BCUT2D eigenvalue weighted by molar-refractivity contribution is 0.475. The summed E-state index contributed by atoms with van der Waals surface area (Å²) >= 11 is 1.41. The van der Waals surface area contributed by atoms with E-state index >= 15 is 0 Å². The quantitative estimate of drug-likeness (QED) is 0.450. The van der Waals surface area contributed by atoms with Crippen molar-refractivity contribution in [1.29, 1.82) is 0 Å². The van der Waals surface area contributed by atoms with Gasteiger partial charge in [-0.25, -0.2) is 0 Å². The van der Waals surface area contributed by atoms with E-state index in [0.29, 0.717) is 10.7 Å². The van der Waals surface area contributed by atoms with E-state index in [1.807, 2.05) is 36.4 Å². The number of hydrogen-bond donors (Lipinski definition) is 3. The van der Waals surface area contributed by atoms with Gasteiger partial charge in [-0.15, -0.1) is 5.10 Å². The number of anilines is 1. The molecular weight excluding hydrogens is 296 g/mol. The highest BCUT2D eigenvalue weighted by Gasteiger charge is 2.03. The molecular formula is C16H18N4OS. The molecule has 0 radical (unpaired) electrons. The summed E-state index contributed by atoms with van der Waals surface area (Å²) in [5, 5.41) is 21.1. The lowest BCUT2D eigenvalue weighted by atomic mass is 10.2. The Balaban J connectivity index is 1.99. The topological polar surface area (TPSA) is 83.0 Å². The van der Waals surface area contributed by atoms with Gasteiger partial charge in [0.2, 0.25) is 0 Å². The van der Waals surface area contributed by atoms with Crippen LogP contribution in [0.1, 0.15) is 11.1 Å². The smallest absolute Gasteiger partial charge is 0.180 e. The van der Waals surface area contributed by atoms with Crippen molar-refractivity contribution < 1.29 is 5.11 Å². The van der Waals surface area contributed by atoms with Gasteiger partial charge < -0.3 is 16.2 Å². The van der Waals surface area contributed by atoms with Crippen molar-refractivity contribution in [1.82, 2.24) is 0 Å². The van der Waals surface area contributed by atoms with Crippen LogP contribution < -0.4 is 11.1 Å². The summed E-state index contributed by atoms with van der Waals surface area (Å²) < 4.78 is 0. The molecule has 6 heteroatoms. The third kappa shape index (κ3) is 4.53. The minimum atomic E-state index is 0.140. The Kier molecular flexibility index (Phi) is 5.85. The summed E-state index contributed by atoms with van der Waals surface area (Å²) in [7, 11) is 1.78. The highest BCUT2D eigenvalue weighted by atomic mass is 32.2. The van der Waals surface area contributed by atoms with Crippen molar-refractivity contribution in [2.75, 3.05) is 12.4 Å². The summed E-state index contributed by atoms with van der Waals surface area (Å²) in [6.07, 6.45) is 1.48. The molecule has 0 amide bonds. The van der Waals surface area contributed by atoms with Gasteiger partial charge in [0.25, 0.3) is 0 Å². The molecule has 0 aromatic heterocycles. The number of nitrogens with zero attached hydrogens (tertiary/aromatic N) is 2. The zero-order valence-corrected chi connectivity index (χ0v) is 13.0. The minimum Gasteiger partial charge on any atom is -0.507 e. The zero-order valence-electron chi connectivity index (χ0n) is 12.2. The molecule has 2 aromatic rings. The van der Waals surface area contributed by atoms with Crippen LogP contribution >= 0.6 is 11.8 Å². The molecule has 0 saturated carbocycles. The number of hydrogen-bond acceptors (Lipinski definition) is 5. The summed E-state index contributed by atoms with van der Waals surface area (Å²) in [5.74, 6) is 0.880. The first kappa shape index (κ1) is 15.9. The van der Waals surface area contributed by atoms with Crippen molar-refractivity contribution in [3.63, 3.8) is 0 Å². The van der Waals surface area contributed by atoms with Crippen LogP contribution in [0.5, 0.6) is 5.75 Å². The standard InChI is InChI=1S/C16H18N4OS/c1-18-14-8-5-9-15(21)13(14)10-19-20-16(17)22-11-12-6-3-2-4-7-12/h2-10,18,21H,11H2,1H3,(H2,17,20). The molecule has 5 nitrogen and oxygen atoms in total. The Morgan fingerprint density at radius 1 is 1.23 bits per heavy atom. The van der Waals surface area contributed by atoms with E-state index in [2.05, 4.69) is 15.5 Å². The average Bonchev–Trinajstić information content (AvgIpc) is 2.55. The molecule has 2 aromatic carbocycles. The summed E-state index contributed by atoms with van der Waals surface area (Å²) in [5.41, 5.74) is 8.34. The van der Waals surface area contributed by atoms with Crippen LogP contribution in [0.15, 0.2) is 58.7 Å². The van der Waals surface area contributed by atoms with Crippen molar-refractivity contribution >= 4 is 28.8 Å². The zero-order chi connectivity index (χ0) is 15.8. The molecule has 0 unspecified atom stereocenters. The van der Waals surface area contributed by atoms with Crippen molar-refractivity contribution in [2.24, 2.45) is 15.9 Å². The van der Waals surface area contributed by atoms with Gasteiger partial charge in [-0.3, -0.25) is 0 Å². The number of rotatable bonds is 5. The van der Waals surface area contributed by atoms with Gasteiger partial charge in [0, 0.05) is 18.5 Å². The third-order valence-corrected chi connectivity index (χ3v) is 3.78. The number of phenols is 1. The summed E-state index contributed by atoms with van der Waals surface area (Å²) in [6, 6.07) is 15.2. The Hall–Kier alpha value is -2.47. The van der Waals surface area contributed by atoms with E-state index in [-0.39, 0.29) is 5.75 Å². The highest BCUT2D eigenvalue weighted by molar-refractivity contribution is 8.13. The first-order valence-electron chi connectivity index (χ1n) is 6.73. The van der Waals surface area contributed by atoms with E-state index in [1.54, 1.807) is 19.2 Å². The molecule has 0 heterocycles. The number of thioether (sulfide) groups is 1. The molecule has 4 N–H and O–H groups in total. The molecule has 0 aliphatic carbocycles. The van der Waals surface area contributed by atoms with Crippen LogP contribution in [-0.4, -0.2) is 23.5 Å². The second-order valence-corrected chi connectivity index (χ2v) is 5.44. The van der Waals surface area contributed by atoms with Crippen LogP contribution in [0.3, 0.4) is 0 Å². The number of nitrogens with two attached hydrogens (primary N) is 1. The fraction of sp³-hybridized carbons (Fsp3) is 0.125. The molecule has 0 aliphatic heterocycles. The van der Waals surface area contributed by atoms with E-state index in [0.717, 1.165) is 11.4 Å². The summed E-state index contributed by atoms with van der Waals surface area (Å²) in [6.45, 7) is 0. The predicted octanol–water partition coefficient (Wildman–Crippen LogP) is 3.02. The van der Waals surface area contributed by atoms with E-state index in [9.17, 15) is 5.11 Å². The molecule has 2 rings (SSSR count). The van der Waals surface area contributed by atoms with Crippen LogP contribution in [-0.2, 0) is 5.75 Å². The second-order valence-electron chi connectivity index (χ2n) is 4.45. The van der Waals surface area contributed by atoms with Gasteiger partial charge >= 0.3 is 0 Å². The fourth-order valence-corrected chi connectivity index (χ4v) is 2.42. The molecule has 0 spiro atoms. The number of phenolic OH excluding ortho intramolecular Hbond substituents is 1. The van der Waals surface area contributed by atoms with Crippen molar-refractivity contribution in [3.05, 3.63) is 59.7 Å². The fourth-order valence-electron chi connectivity index (χ4n) is 1.81. The lowest BCUT2D eigenvalue weighted by Gasteiger charge is -2.05. The van der Waals surface area contributed by atoms with Gasteiger partial charge in [0.15, 0.2) is 5.17 Å². The van der Waals surface area contributed by atoms with E-state index in [4.69, 9.17) is 5.73 Å². The van der Waals surface area contributed by atoms with Crippen LogP contribution in [0.25, 0.3) is 0 Å². The first-order valence-corrected chi connectivity index (χ1v) is 7.72. The molecule has 0 atom stereocenters. The van der Waals surface area contributed by atoms with Gasteiger partial charge in [0.1, 0.15) is 5.75 Å². The van der Waals surface area contributed by atoms with Crippen LogP contribution in [0.4, 0.5) is 5.69 Å². The number of benzene rings is 2. The molecule has 114 valence electrons. The van der Waals surface area contributed by atoms with Crippen LogP contribution in [0.2, 0.25) is 0 Å². The van der Waals surface area contributed by atoms with E-state index < -0.39 is 0 Å². The largest absolute Gasteiger partial charge is 0.507 e. The van der Waals surface area contributed by atoms with Crippen molar-refractivity contribution in [3.8, 4) is 5.75 Å².